The van der Waals surface area contributed by atoms with Crippen LogP contribution in [0, 0.1) is 0 Å². The summed E-state index contributed by atoms with van der Waals surface area (Å²) < 4.78 is 25.9. The van der Waals surface area contributed by atoms with Crippen LogP contribution in [0.2, 0.25) is 5.02 Å². The predicted octanol–water partition coefficient (Wildman–Crippen LogP) is 5.19. The summed E-state index contributed by atoms with van der Waals surface area (Å²) in [6.07, 6.45) is 1.93. The zero-order valence-corrected chi connectivity index (χ0v) is 19.0. The molecule has 3 aromatic carbocycles. The van der Waals surface area contributed by atoms with Gasteiger partial charge in [-0.2, -0.15) is 0 Å². The van der Waals surface area contributed by atoms with Gasteiger partial charge in [0.25, 0.3) is 5.91 Å². The van der Waals surface area contributed by atoms with Crippen LogP contribution < -0.4 is 9.62 Å². The number of anilines is 1. The fraction of sp³-hybridized carbons (Fsp3) is 0.208. The molecule has 31 heavy (non-hydrogen) atoms. The van der Waals surface area contributed by atoms with Gasteiger partial charge in [-0.1, -0.05) is 67.1 Å². The van der Waals surface area contributed by atoms with Crippen LogP contribution in [-0.2, 0) is 16.6 Å². The molecule has 0 fully saturated rings. The minimum atomic E-state index is -3.51. The van der Waals surface area contributed by atoms with Gasteiger partial charge in [0.2, 0.25) is 10.0 Å². The van der Waals surface area contributed by atoms with Gasteiger partial charge in [-0.05, 0) is 47.9 Å². The Bertz CT molecular complexity index is 1130. The fourth-order valence-corrected chi connectivity index (χ4v) is 4.37. The van der Waals surface area contributed by atoms with Crippen molar-refractivity contribution >= 4 is 33.2 Å². The van der Waals surface area contributed by atoms with Crippen LogP contribution in [0.25, 0.3) is 0 Å². The zero-order valence-electron chi connectivity index (χ0n) is 17.5. The number of hydrogen-bond acceptors (Lipinski definition) is 3. The lowest BCUT2D eigenvalue weighted by molar-refractivity contribution is 0.0935. The van der Waals surface area contributed by atoms with Crippen molar-refractivity contribution < 1.29 is 13.2 Å². The highest BCUT2D eigenvalue weighted by atomic mass is 35.5. The van der Waals surface area contributed by atoms with Gasteiger partial charge in [0.05, 0.1) is 24.5 Å². The molecule has 3 aromatic rings. The molecule has 5 nitrogen and oxygen atoms in total. The third-order valence-corrected chi connectivity index (χ3v) is 6.33. The van der Waals surface area contributed by atoms with Crippen LogP contribution in [0.1, 0.15) is 40.9 Å². The lowest BCUT2D eigenvalue weighted by Crippen LogP contribution is -2.29. The van der Waals surface area contributed by atoms with E-state index in [-0.39, 0.29) is 18.5 Å². The molecule has 0 radical (unpaired) electrons. The van der Waals surface area contributed by atoms with E-state index in [9.17, 15) is 13.2 Å². The number of carbonyl (C=O) groups is 1. The number of nitrogens with one attached hydrogen (secondary N) is 1. The summed E-state index contributed by atoms with van der Waals surface area (Å²) in [5, 5.41) is 3.52. The van der Waals surface area contributed by atoms with Gasteiger partial charge in [-0.15, -0.1) is 0 Å². The van der Waals surface area contributed by atoms with E-state index in [0.29, 0.717) is 16.3 Å². The van der Waals surface area contributed by atoms with Crippen LogP contribution in [0.3, 0.4) is 0 Å². The van der Waals surface area contributed by atoms with Crippen molar-refractivity contribution in [3.8, 4) is 0 Å². The second-order valence-corrected chi connectivity index (χ2v) is 9.63. The zero-order chi connectivity index (χ0) is 22.4. The first-order valence-electron chi connectivity index (χ1n) is 9.96. The number of carbonyl (C=O) groups excluding carboxylic acids is 1. The van der Waals surface area contributed by atoms with E-state index in [1.807, 2.05) is 37.3 Å². The van der Waals surface area contributed by atoms with Gasteiger partial charge in [0, 0.05) is 10.6 Å². The van der Waals surface area contributed by atoms with E-state index in [1.165, 1.54) is 4.31 Å². The molecule has 0 heterocycles. The molecule has 0 aliphatic rings. The minimum absolute atomic E-state index is 0.0723. The Labute approximate surface area is 188 Å². The number of nitrogens with zero attached hydrogens (tertiary/aromatic N) is 1. The van der Waals surface area contributed by atoms with Crippen molar-refractivity contribution in [1.29, 1.82) is 0 Å². The topological polar surface area (TPSA) is 66.5 Å². The SMILES string of the molecule is CC[C@@H](NC(=O)c1ccc(CN(c2cccc(Cl)c2)S(C)(=O)=O)cc1)c1ccccc1. The lowest BCUT2D eigenvalue weighted by Gasteiger charge is -2.23. The van der Waals surface area contributed by atoms with E-state index in [4.69, 9.17) is 11.6 Å². The number of hydrogen-bond donors (Lipinski definition) is 1. The largest absolute Gasteiger partial charge is 0.345 e. The summed E-state index contributed by atoms with van der Waals surface area (Å²) in [6, 6.07) is 23.4. The maximum Gasteiger partial charge on any atom is 0.251 e. The average molecular weight is 457 g/mol. The van der Waals surface area contributed by atoms with E-state index in [2.05, 4.69) is 5.32 Å². The Balaban J connectivity index is 1.75. The van der Waals surface area contributed by atoms with Crippen molar-refractivity contribution in [3.63, 3.8) is 0 Å². The van der Waals surface area contributed by atoms with Gasteiger partial charge in [-0.25, -0.2) is 8.42 Å². The fourth-order valence-electron chi connectivity index (χ4n) is 3.31. The van der Waals surface area contributed by atoms with Gasteiger partial charge in [0.1, 0.15) is 0 Å². The molecule has 0 saturated heterocycles. The van der Waals surface area contributed by atoms with Gasteiger partial charge >= 0.3 is 0 Å². The molecule has 0 saturated carbocycles. The maximum absolute atomic E-state index is 12.7. The third kappa shape index (κ3) is 6.09. The summed E-state index contributed by atoms with van der Waals surface area (Å²) in [5.74, 6) is -0.169. The molecular weight excluding hydrogens is 432 g/mol. The molecule has 0 aliphatic heterocycles. The summed E-state index contributed by atoms with van der Waals surface area (Å²) in [7, 11) is -3.51. The average Bonchev–Trinajstić information content (AvgIpc) is 2.76. The normalized spacial score (nSPS) is 12.2. The van der Waals surface area contributed by atoms with Crippen molar-refractivity contribution in [3.05, 3.63) is 101 Å². The molecule has 7 heteroatoms. The Morgan fingerprint density at radius 3 is 2.26 bits per heavy atom. The first-order chi connectivity index (χ1) is 14.8. The van der Waals surface area contributed by atoms with E-state index < -0.39 is 10.0 Å². The highest BCUT2D eigenvalue weighted by Gasteiger charge is 2.19. The molecule has 0 aliphatic carbocycles. The Hall–Kier alpha value is -2.83. The summed E-state index contributed by atoms with van der Waals surface area (Å²) in [6.45, 7) is 2.17. The molecule has 0 spiro atoms. The van der Waals surface area contributed by atoms with E-state index in [1.54, 1.807) is 48.5 Å². The smallest absolute Gasteiger partial charge is 0.251 e. The van der Waals surface area contributed by atoms with Crippen LogP contribution in [-0.4, -0.2) is 20.6 Å². The number of halogens is 1. The number of benzene rings is 3. The van der Waals surface area contributed by atoms with Crippen molar-refractivity contribution in [2.45, 2.75) is 25.9 Å². The van der Waals surface area contributed by atoms with Gasteiger partial charge in [-0.3, -0.25) is 9.10 Å². The van der Waals surface area contributed by atoms with Crippen molar-refractivity contribution in [1.82, 2.24) is 5.32 Å². The molecule has 1 amide bonds. The Morgan fingerprint density at radius 1 is 1.00 bits per heavy atom. The number of rotatable bonds is 8. The Kier molecular flexibility index (Phi) is 7.36. The molecule has 0 bridgehead atoms. The second kappa shape index (κ2) is 9.98. The van der Waals surface area contributed by atoms with E-state index >= 15 is 0 Å². The van der Waals surface area contributed by atoms with Gasteiger partial charge in [0.15, 0.2) is 0 Å². The minimum Gasteiger partial charge on any atom is -0.345 e. The first-order valence-corrected chi connectivity index (χ1v) is 12.2. The molecule has 3 rings (SSSR count). The second-order valence-electron chi connectivity index (χ2n) is 7.29. The molecule has 162 valence electrons. The molecular formula is C24H25ClN2O3S. The monoisotopic (exact) mass is 456 g/mol. The maximum atomic E-state index is 12.7. The van der Waals surface area contributed by atoms with Crippen molar-refractivity contribution in [2.75, 3.05) is 10.6 Å². The number of sulfonamides is 1. The van der Waals surface area contributed by atoms with Crippen LogP contribution >= 0.6 is 11.6 Å². The van der Waals surface area contributed by atoms with Crippen LogP contribution in [0.4, 0.5) is 5.69 Å². The lowest BCUT2D eigenvalue weighted by atomic mass is 10.0. The quantitative estimate of drug-likeness (QED) is 0.507. The third-order valence-electron chi connectivity index (χ3n) is 4.95. The van der Waals surface area contributed by atoms with Crippen LogP contribution in [0.5, 0.6) is 0 Å². The standard InChI is InChI=1S/C24H25ClN2O3S/c1-3-23(19-8-5-4-6-9-19)26-24(28)20-14-12-18(13-15-20)17-27(31(2,29)30)22-11-7-10-21(25)16-22/h4-16,23H,3,17H2,1-2H3,(H,26,28)/t23-/m1/s1. The highest BCUT2D eigenvalue weighted by Crippen LogP contribution is 2.24. The number of amides is 1. The highest BCUT2D eigenvalue weighted by molar-refractivity contribution is 7.92. The molecule has 0 aromatic heterocycles. The summed E-state index contributed by atoms with van der Waals surface area (Å²) in [5.41, 5.74) is 2.83. The Morgan fingerprint density at radius 2 is 1.68 bits per heavy atom. The summed E-state index contributed by atoms with van der Waals surface area (Å²) in [4.78, 5) is 12.7. The van der Waals surface area contributed by atoms with Crippen LogP contribution in [0.15, 0.2) is 78.9 Å². The van der Waals surface area contributed by atoms with Crippen molar-refractivity contribution in [2.24, 2.45) is 0 Å². The van der Waals surface area contributed by atoms with Gasteiger partial charge < -0.3 is 5.32 Å². The van der Waals surface area contributed by atoms with E-state index in [0.717, 1.165) is 23.8 Å². The summed E-state index contributed by atoms with van der Waals surface area (Å²) >= 11 is 6.03. The molecule has 1 atom stereocenters. The predicted molar refractivity (Wildman–Crippen MR) is 126 cm³/mol. The molecule has 1 N–H and O–H groups in total. The molecule has 0 unspecified atom stereocenters. The first kappa shape index (κ1) is 22.8.